The lowest BCUT2D eigenvalue weighted by Crippen LogP contribution is -2.51. The van der Waals surface area contributed by atoms with Gasteiger partial charge in [0.15, 0.2) is 0 Å². The van der Waals surface area contributed by atoms with Gasteiger partial charge in [-0.15, -0.1) is 0 Å². The summed E-state index contributed by atoms with van der Waals surface area (Å²) in [6, 6.07) is 13.9. The second-order valence-electron chi connectivity index (χ2n) is 7.42. The van der Waals surface area contributed by atoms with Crippen LogP contribution in [0.25, 0.3) is 0 Å². The smallest absolute Gasteiger partial charge is 0.244 e. The largest absolute Gasteiger partial charge is 0.353 e. The molecule has 0 radical (unpaired) electrons. The summed E-state index contributed by atoms with van der Waals surface area (Å²) in [6.07, 6.45) is 2.77. The molecule has 0 bridgehead atoms. The van der Waals surface area contributed by atoms with Gasteiger partial charge in [0.2, 0.25) is 11.8 Å². The highest BCUT2D eigenvalue weighted by atomic mass is 16.2. The fourth-order valence-electron chi connectivity index (χ4n) is 3.63. The first-order chi connectivity index (χ1) is 14.1. The van der Waals surface area contributed by atoms with E-state index in [0.717, 1.165) is 30.2 Å². The molecule has 1 fully saturated rings. The number of aromatic nitrogens is 1. The number of hydrazone groups is 1. The van der Waals surface area contributed by atoms with Gasteiger partial charge in [-0.05, 0) is 24.6 Å². The van der Waals surface area contributed by atoms with Crippen LogP contribution in [0, 0.1) is 6.92 Å². The van der Waals surface area contributed by atoms with Crippen molar-refractivity contribution in [2.24, 2.45) is 5.10 Å². The van der Waals surface area contributed by atoms with Crippen molar-refractivity contribution in [3.63, 3.8) is 0 Å². The number of hydrogen-bond acceptors (Lipinski definition) is 5. The summed E-state index contributed by atoms with van der Waals surface area (Å²) in [7, 11) is 0. The van der Waals surface area contributed by atoms with Gasteiger partial charge in [0.25, 0.3) is 0 Å². The molecule has 1 saturated heterocycles. The van der Waals surface area contributed by atoms with E-state index in [9.17, 15) is 9.59 Å². The molecule has 7 heteroatoms. The van der Waals surface area contributed by atoms with Gasteiger partial charge < -0.3 is 9.80 Å². The monoisotopic (exact) mass is 391 g/mol. The Balaban J connectivity index is 1.38. The Morgan fingerprint density at radius 3 is 2.45 bits per heavy atom. The summed E-state index contributed by atoms with van der Waals surface area (Å²) < 4.78 is 0. The van der Waals surface area contributed by atoms with Crippen LogP contribution in [0.15, 0.2) is 53.8 Å². The number of rotatable bonds is 4. The Morgan fingerprint density at radius 2 is 1.76 bits per heavy atom. The number of pyridine rings is 1. The van der Waals surface area contributed by atoms with Gasteiger partial charge in [-0.25, -0.2) is 9.99 Å². The highest BCUT2D eigenvalue weighted by molar-refractivity contribution is 6.04. The Hall–Kier alpha value is -3.22. The van der Waals surface area contributed by atoms with Crippen molar-refractivity contribution in [1.82, 2.24) is 14.9 Å². The molecule has 0 spiro atoms. The van der Waals surface area contributed by atoms with Gasteiger partial charge in [-0.3, -0.25) is 9.59 Å². The van der Waals surface area contributed by atoms with Crippen molar-refractivity contribution >= 4 is 23.3 Å². The van der Waals surface area contributed by atoms with Crippen LogP contribution in [-0.2, 0) is 9.59 Å². The molecule has 3 heterocycles. The van der Waals surface area contributed by atoms with Crippen molar-refractivity contribution in [3.05, 3.63) is 59.8 Å². The Kier molecular flexibility index (Phi) is 5.55. The lowest BCUT2D eigenvalue weighted by molar-refractivity contribution is -0.141. The number of benzene rings is 1. The molecule has 150 valence electrons. The van der Waals surface area contributed by atoms with Crippen LogP contribution in [0.4, 0.5) is 5.82 Å². The van der Waals surface area contributed by atoms with E-state index < -0.39 is 0 Å². The fraction of sp³-hybridized carbons (Fsp3) is 0.364. The number of carbonyl (C=O) groups excluding carboxylic acids is 2. The van der Waals surface area contributed by atoms with E-state index in [1.165, 1.54) is 10.6 Å². The van der Waals surface area contributed by atoms with Crippen LogP contribution < -0.4 is 4.90 Å². The standard InChI is InChI=1S/C22H25N5O2/c1-17-5-7-18(8-6-17)19-9-10-21(28)27(24-19)16-22(29)26-14-12-25(13-15-26)20-4-2-3-11-23-20/h2-8,11H,9-10,12-16H2,1H3. The number of carbonyl (C=O) groups is 2. The third-order valence-electron chi connectivity index (χ3n) is 5.38. The molecule has 2 amide bonds. The van der Waals surface area contributed by atoms with Crippen LogP contribution >= 0.6 is 0 Å². The molecule has 7 nitrogen and oxygen atoms in total. The predicted octanol–water partition coefficient (Wildman–Crippen LogP) is 2.07. The van der Waals surface area contributed by atoms with E-state index in [2.05, 4.69) is 15.0 Å². The average molecular weight is 391 g/mol. The van der Waals surface area contributed by atoms with Crippen molar-refractivity contribution < 1.29 is 9.59 Å². The molecule has 0 N–H and O–H groups in total. The van der Waals surface area contributed by atoms with E-state index >= 15 is 0 Å². The van der Waals surface area contributed by atoms with Gasteiger partial charge in [0.05, 0.1) is 5.71 Å². The van der Waals surface area contributed by atoms with Gasteiger partial charge in [-0.1, -0.05) is 35.9 Å². The maximum atomic E-state index is 12.8. The summed E-state index contributed by atoms with van der Waals surface area (Å²) in [6.45, 7) is 4.73. The lowest BCUT2D eigenvalue weighted by atomic mass is 10.0. The maximum Gasteiger partial charge on any atom is 0.244 e. The molecule has 0 saturated carbocycles. The number of aryl methyl sites for hydroxylation is 1. The van der Waals surface area contributed by atoms with Gasteiger partial charge in [0, 0.05) is 45.2 Å². The molecule has 0 aliphatic carbocycles. The first kappa shape index (κ1) is 19.1. The number of piperazine rings is 1. The molecule has 1 aromatic carbocycles. The average Bonchev–Trinajstić information content (AvgIpc) is 2.76. The first-order valence-electron chi connectivity index (χ1n) is 9.99. The fourth-order valence-corrected chi connectivity index (χ4v) is 3.63. The van der Waals surface area contributed by atoms with Gasteiger partial charge >= 0.3 is 0 Å². The number of nitrogens with zero attached hydrogens (tertiary/aromatic N) is 5. The topological polar surface area (TPSA) is 69.1 Å². The molecule has 0 unspecified atom stereocenters. The highest BCUT2D eigenvalue weighted by Crippen LogP contribution is 2.17. The molecular weight excluding hydrogens is 366 g/mol. The zero-order valence-corrected chi connectivity index (χ0v) is 16.6. The number of amides is 2. The van der Waals surface area contributed by atoms with E-state index in [-0.39, 0.29) is 18.4 Å². The molecule has 0 atom stereocenters. The Morgan fingerprint density at radius 1 is 1.00 bits per heavy atom. The Labute approximate surface area is 170 Å². The first-order valence-corrected chi connectivity index (χ1v) is 9.99. The lowest BCUT2D eigenvalue weighted by Gasteiger charge is -2.36. The SMILES string of the molecule is Cc1ccc(C2=NN(CC(=O)N3CCN(c4ccccn4)CC3)C(=O)CC2)cc1. The zero-order valence-electron chi connectivity index (χ0n) is 16.6. The van der Waals surface area contributed by atoms with Crippen LogP contribution in [0.2, 0.25) is 0 Å². The summed E-state index contributed by atoms with van der Waals surface area (Å²) in [5.41, 5.74) is 3.04. The molecule has 2 aliphatic rings. The number of hydrogen-bond donors (Lipinski definition) is 0. The molecule has 29 heavy (non-hydrogen) atoms. The predicted molar refractivity (Wildman–Crippen MR) is 112 cm³/mol. The Bertz CT molecular complexity index is 903. The summed E-state index contributed by atoms with van der Waals surface area (Å²) in [5, 5.41) is 5.83. The summed E-state index contributed by atoms with van der Waals surface area (Å²) >= 11 is 0. The van der Waals surface area contributed by atoms with Crippen LogP contribution in [0.3, 0.4) is 0 Å². The van der Waals surface area contributed by atoms with Crippen molar-refractivity contribution in [2.75, 3.05) is 37.6 Å². The van der Waals surface area contributed by atoms with Crippen LogP contribution in [-0.4, -0.2) is 65.1 Å². The minimum absolute atomic E-state index is 0.00220. The minimum atomic E-state index is -0.0960. The summed E-state index contributed by atoms with van der Waals surface area (Å²) in [4.78, 5) is 33.4. The second-order valence-corrected chi connectivity index (χ2v) is 7.42. The molecule has 2 aliphatic heterocycles. The molecule has 2 aromatic rings. The normalized spacial score (nSPS) is 17.3. The second kappa shape index (κ2) is 8.43. The van der Waals surface area contributed by atoms with E-state index in [1.807, 2.05) is 54.3 Å². The van der Waals surface area contributed by atoms with Crippen molar-refractivity contribution in [1.29, 1.82) is 0 Å². The van der Waals surface area contributed by atoms with Crippen LogP contribution in [0.1, 0.15) is 24.0 Å². The molecule has 4 rings (SSSR count). The third-order valence-corrected chi connectivity index (χ3v) is 5.38. The number of anilines is 1. The van der Waals surface area contributed by atoms with Gasteiger partial charge in [-0.2, -0.15) is 5.10 Å². The quantitative estimate of drug-likeness (QED) is 0.800. The summed E-state index contributed by atoms with van der Waals surface area (Å²) in [5.74, 6) is 0.771. The van der Waals surface area contributed by atoms with Crippen molar-refractivity contribution in [2.45, 2.75) is 19.8 Å². The maximum absolute atomic E-state index is 12.8. The van der Waals surface area contributed by atoms with Crippen molar-refractivity contribution in [3.8, 4) is 0 Å². The zero-order chi connectivity index (χ0) is 20.2. The van der Waals surface area contributed by atoms with E-state index in [0.29, 0.717) is 25.9 Å². The van der Waals surface area contributed by atoms with E-state index in [1.54, 1.807) is 6.20 Å². The highest BCUT2D eigenvalue weighted by Gasteiger charge is 2.27. The van der Waals surface area contributed by atoms with Crippen LogP contribution in [0.5, 0.6) is 0 Å². The third kappa shape index (κ3) is 4.45. The van der Waals surface area contributed by atoms with Gasteiger partial charge in [0.1, 0.15) is 12.4 Å². The minimum Gasteiger partial charge on any atom is -0.353 e. The molecular formula is C22H25N5O2. The van der Waals surface area contributed by atoms with E-state index in [4.69, 9.17) is 0 Å². The molecule has 1 aromatic heterocycles.